The van der Waals surface area contributed by atoms with Gasteiger partial charge in [-0.3, -0.25) is 24.3 Å². The van der Waals surface area contributed by atoms with E-state index in [4.69, 9.17) is 0 Å². The molecule has 7 nitrogen and oxygen atoms in total. The second-order valence-corrected chi connectivity index (χ2v) is 9.84. The van der Waals surface area contributed by atoms with Gasteiger partial charge in [-0.1, -0.05) is 42.5 Å². The number of rotatable bonds is 7. The van der Waals surface area contributed by atoms with Crippen molar-refractivity contribution in [1.29, 1.82) is 0 Å². The van der Waals surface area contributed by atoms with Gasteiger partial charge in [0.1, 0.15) is 0 Å². The maximum Gasteiger partial charge on any atom is 0.236 e. The summed E-state index contributed by atoms with van der Waals surface area (Å²) in [5.74, 6) is 0.259. The summed E-state index contributed by atoms with van der Waals surface area (Å²) in [6.07, 6.45) is 4.39. The Labute approximate surface area is 193 Å². The summed E-state index contributed by atoms with van der Waals surface area (Å²) < 4.78 is 0. The van der Waals surface area contributed by atoms with Gasteiger partial charge in [-0.25, -0.2) is 0 Å². The fraction of sp³-hybridized carbons (Fsp3) is 0.600. The molecule has 0 atom stereocenters. The van der Waals surface area contributed by atoms with Crippen molar-refractivity contribution in [3.05, 3.63) is 42.0 Å². The summed E-state index contributed by atoms with van der Waals surface area (Å²) in [5.41, 5.74) is 1.02. The molecule has 2 aliphatic rings. The Hall–Kier alpha value is -2.22. The van der Waals surface area contributed by atoms with Crippen LogP contribution < -0.4 is 5.32 Å². The van der Waals surface area contributed by atoms with E-state index in [2.05, 4.69) is 56.4 Å². The third-order valence-corrected chi connectivity index (χ3v) is 5.90. The van der Waals surface area contributed by atoms with Gasteiger partial charge in [0.05, 0.1) is 13.1 Å². The van der Waals surface area contributed by atoms with Gasteiger partial charge in [0.2, 0.25) is 11.8 Å². The van der Waals surface area contributed by atoms with E-state index >= 15 is 0 Å². The molecule has 0 aliphatic carbocycles. The van der Waals surface area contributed by atoms with Crippen molar-refractivity contribution in [3.8, 4) is 0 Å². The number of piperazine rings is 2. The number of carbonyl (C=O) groups is 2. The lowest BCUT2D eigenvalue weighted by Crippen LogP contribution is -2.55. The Morgan fingerprint density at radius 2 is 1.41 bits per heavy atom. The molecule has 32 heavy (non-hydrogen) atoms. The zero-order chi connectivity index (χ0) is 23.0. The Morgan fingerprint density at radius 1 is 0.844 bits per heavy atom. The molecule has 1 N–H and O–H groups in total. The minimum atomic E-state index is -0.211. The van der Waals surface area contributed by atoms with Crippen LogP contribution in [0.3, 0.4) is 0 Å². The quantitative estimate of drug-likeness (QED) is 0.693. The summed E-state index contributed by atoms with van der Waals surface area (Å²) in [6, 6.07) is 10.4. The summed E-state index contributed by atoms with van der Waals surface area (Å²) in [6.45, 7) is 14.6. The van der Waals surface area contributed by atoms with E-state index in [1.165, 1.54) is 5.56 Å². The molecule has 176 valence electrons. The first-order valence-corrected chi connectivity index (χ1v) is 11.8. The Kier molecular flexibility index (Phi) is 8.84. The van der Waals surface area contributed by atoms with Crippen LogP contribution in [0.4, 0.5) is 0 Å². The molecule has 1 aromatic carbocycles. The van der Waals surface area contributed by atoms with Gasteiger partial charge in [-0.05, 0) is 26.3 Å². The Bertz CT molecular complexity index is 758. The van der Waals surface area contributed by atoms with Gasteiger partial charge in [0.25, 0.3) is 0 Å². The van der Waals surface area contributed by atoms with Gasteiger partial charge < -0.3 is 10.2 Å². The third-order valence-electron chi connectivity index (χ3n) is 5.90. The van der Waals surface area contributed by atoms with Gasteiger partial charge in [-0.15, -0.1) is 0 Å². The van der Waals surface area contributed by atoms with Gasteiger partial charge >= 0.3 is 0 Å². The molecule has 2 saturated heterocycles. The molecule has 7 heteroatoms. The number of amides is 2. The standard InChI is InChI=1S/C25H39N5O2/c1-25(2,3)26-23(31)20-28-16-18-30(19-17-28)24(32)21-29-14-12-27(13-15-29)11-7-10-22-8-5-4-6-9-22/h4-10H,11-21H2,1-3H3,(H,26,31)/b10-7+. The van der Waals surface area contributed by atoms with Crippen LogP contribution in [-0.2, 0) is 9.59 Å². The fourth-order valence-corrected chi connectivity index (χ4v) is 4.14. The maximum absolute atomic E-state index is 12.8. The van der Waals surface area contributed by atoms with E-state index in [1.54, 1.807) is 0 Å². The van der Waals surface area contributed by atoms with E-state index in [0.29, 0.717) is 26.2 Å². The van der Waals surface area contributed by atoms with Crippen LogP contribution in [0.5, 0.6) is 0 Å². The van der Waals surface area contributed by atoms with Crippen LogP contribution in [0.25, 0.3) is 6.08 Å². The fourth-order valence-electron chi connectivity index (χ4n) is 4.14. The van der Waals surface area contributed by atoms with E-state index < -0.39 is 0 Å². The van der Waals surface area contributed by atoms with Crippen molar-refractivity contribution >= 4 is 17.9 Å². The number of benzene rings is 1. The van der Waals surface area contributed by atoms with Crippen molar-refractivity contribution in [1.82, 2.24) is 24.9 Å². The predicted molar refractivity (Wildman–Crippen MR) is 129 cm³/mol. The molecule has 2 heterocycles. The SMILES string of the molecule is CC(C)(C)NC(=O)CN1CCN(C(=O)CN2CCN(C/C=C/c3ccccc3)CC2)CC1. The lowest BCUT2D eigenvalue weighted by atomic mass is 10.1. The zero-order valence-electron chi connectivity index (χ0n) is 19.9. The van der Waals surface area contributed by atoms with E-state index in [9.17, 15) is 9.59 Å². The monoisotopic (exact) mass is 441 g/mol. The first-order chi connectivity index (χ1) is 15.3. The largest absolute Gasteiger partial charge is 0.350 e. The topological polar surface area (TPSA) is 59.1 Å². The lowest BCUT2D eigenvalue weighted by Gasteiger charge is -2.37. The molecule has 3 rings (SSSR count). The first-order valence-electron chi connectivity index (χ1n) is 11.8. The van der Waals surface area contributed by atoms with Crippen LogP contribution in [0.1, 0.15) is 26.3 Å². The average Bonchev–Trinajstić information content (AvgIpc) is 2.75. The van der Waals surface area contributed by atoms with E-state index in [-0.39, 0.29) is 17.4 Å². The highest BCUT2D eigenvalue weighted by molar-refractivity contribution is 5.79. The maximum atomic E-state index is 12.8. The molecule has 1 aromatic rings. The lowest BCUT2D eigenvalue weighted by molar-refractivity contribution is -0.134. The smallest absolute Gasteiger partial charge is 0.236 e. The zero-order valence-corrected chi connectivity index (χ0v) is 19.9. The van der Waals surface area contributed by atoms with Crippen LogP contribution >= 0.6 is 0 Å². The molecule has 2 amide bonds. The van der Waals surface area contributed by atoms with Crippen molar-refractivity contribution < 1.29 is 9.59 Å². The van der Waals surface area contributed by atoms with Crippen LogP contribution in [-0.4, -0.2) is 109 Å². The number of carbonyl (C=O) groups excluding carboxylic acids is 2. The summed E-state index contributed by atoms with van der Waals surface area (Å²) in [7, 11) is 0. The van der Waals surface area contributed by atoms with Crippen LogP contribution in [0.2, 0.25) is 0 Å². The average molecular weight is 442 g/mol. The molecule has 0 unspecified atom stereocenters. The predicted octanol–water partition coefficient (Wildman–Crippen LogP) is 1.38. The second kappa shape index (κ2) is 11.6. The number of hydrogen-bond acceptors (Lipinski definition) is 5. The normalized spacial score (nSPS) is 19.4. The van der Waals surface area contributed by atoms with Crippen molar-refractivity contribution in [3.63, 3.8) is 0 Å². The molecule has 2 fully saturated rings. The minimum Gasteiger partial charge on any atom is -0.350 e. The van der Waals surface area contributed by atoms with Crippen LogP contribution in [0.15, 0.2) is 36.4 Å². The van der Waals surface area contributed by atoms with E-state index in [1.807, 2.05) is 31.7 Å². The number of nitrogens with one attached hydrogen (secondary N) is 1. The highest BCUT2D eigenvalue weighted by Gasteiger charge is 2.26. The highest BCUT2D eigenvalue weighted by atomic mass is 16.2. The van der Waals surface area contributed by atoms with Gasteiger partial charge in [0, 0.05) is 64.4 Å². The number of nitrogens with zero attached hydrogens (tertiary/aromatic N) is 4. The molecule has 0 bridgehead atoms. The summed E-state index contributed by atoms with van der Waals surface area (Å²) >= 11 is 0. The highest BCUT2D eigenvalue weighted by Crippen LogP contribution is 2.08. The van der Waals surface area contributed by atoms with Crippen molar-refractivity contribution in [2.24, 2.45) is 0 Å². The van der Waals surface area contributed by atoms with Gasteiger partial charge in [0.15, 0.2) is 0 Å². The minimum absolute atomic E-state index is 0.0498. The molecular weight excluding hydrogens is 402 g/mol. The molecule has 0 radical (unpaired) electrons. The Balaban J connectivity index is 1.31. The molecular formula is C25H39N5O2. The Morgan fingerprint density at radius 3 is 2.03 bits per heavy atom. The van der Waals surface area contributed by atoms with E-state index in [0.717, 1.165) is 45.8 Å². The second-order valence-electron chi connectivity index (χ2n) is 9.84. The third kappa shape index (κ3) is 8.37. The number of hydrogen-bond donors (Lipinski definition) is 1. The summed E-state index contributed by atoms with van der Waals surface area (Å²) in [5, 5.41) is 3.00. The molecule has 2 aliphatic heterocycles. The molecule has 0 aromatic heterocycles. The molecule has 0 saturated carbocycles. The van der Waals surface area contributed by atoms with Crippen LogP contribution in [0, 0.1) is 0 Å². The van der Waals surface area contributed by atoms with Crippen molar-refractivity contribution in [2.45, 2.75) is 26.3 Å². The van der Waals surface area contributed by atoms with Gasteiger partial charge in [-0.2, -0.15) is 0 Å². The first kappa shape index (κ1) is 24.4. The molecule has 0 spiro atoms. The summed E-state index contributed by atoms with van der Waals surface area (Å²) in [4.78, 5) is 33.7. The van der Waals surface area contributed by atoms with Crippen molar-refractivity contribution in [2.75, 3.05) is 72.0 Å².